The summed E-state index contributed by atoms with van der Waals surface area (Å²) in [5.74, 6) is -0.318. The molecule has 2 rings (SSSR count). The fourth-order valence-corrected chi connectivity index (χ4v) is 1.90. The van der Waals surface area contributed by atoms with Gasteiger partial charge < -0.3 is 19.8 Å². The Hall–Kier alpha value is -2.08. The molecular weight excluding hydrogens is 252 g/mol. The molecule has 6 heteroatoms. The maximum atomic E-state index is 11.5. The molecule has 0 unspecified atom stereocenters. The van der Waals surface area contributed by atoms with E-state index in [0.717, 1.165) is 0 Å². The number of phenols is 1. The van der Waals surface area contributed by atoms with Crippen LogP contribution in [0.5, 0.6) is 5.75 Å². The van der Waals surface area contributed by atoms with Crippen LogP contribution in [0.4, 0.5) is 0 Å². The van der Waals surface area contributed by atoms with Crippen LogP contribution in [0.3, 0.4) is 0 Å². The van der Waals surface area contributed by atoms with Crippen molar-refractivity contribution in [2.75, 3.05) is 7.11 Å². The fraction of sp³-hybridized carbons (Fsp3) is 0.167. The first-order valence-electron chi connectivity index (χ1n) is 5.28. The SMILES string of the molecule is COC(=O)c1[nH]c(=S)[nH]c1Cc1ccccc1O. The number of benzene rings is 1. The third-order valence-corrected chi connectivity index (χ3v) is 2.76. The number of carbonyl (C=O) groups is 1. The van der Waals surface area contributed by atoms with Crippen molar-refractivity contribution in [2.45, 2.75) is 6.42 Å². The first-order valence-corrected chi connectivity index (χ1v) is 5.69. The van der Waals surface area contributed by atoms with Crippen LogP contribution in [0.15, 0.2) is 24.3 Å². The number of nitrogens with one attached hydrogen (secondary N) is 2. The number of H-pyrrole nitrogens is 2. The Bertz CT molecular complexity index is 630. The number of rotatable bonds is 3. The molecule has 0 aliphatic rings. The smallest absolute Gasteiger partial charge is 0.356 e. The van der Waals surface area contributed by atoms with Crippen molar-refractivity contribution in [3.8, 4) is 5.75 Å². The molecular formula is C12H12N2O3S. The van der Waals surface area contributed by atoms with Gasteiger partial charge in [-0.25, -0.2) is 4.79 Å². The molecule has 1 heterocycles. The number of esters is 1. The van der Waals surface area contributed by atoms with Crippen molar-refractivity contribution in [1.82, 2.24) is 9.97 Å². The molecule has 0 saturated heterocycles. The van der Waals surface area contributed by atoms with Gasteiger partial charge in [0.25, 0.3) is 0 Å². The zero-order valence-corrected chi connectivity index (χ0v) is 10.5. The van der Waals surface area contributed by atoms with Gasteiger partial charge in [-0.15, -0.1) is 0 Å². The molecule has 1 aromatic carbocycles. The van der Waals surface area contributed by atoms with Crippen molar-refractivity contribution >= 4 is 18.2 Å². The van der Waals surface area contributed by atoms with Crippen LogP contribution in [0.2, 0.25) is 0 Å². The van der Waals surface area contributed by atoms with Gasteiger partial charge in [-0.1, -0.05) is 18.2 Å². The van der Waals surface area contributed by atoms with Crippen LogP contribution in [0.1, 0.15) is 21.7 Å². The third kappa shape index (κ3) is 2.43. The van der Waals surface area contributed by atoms with Gasteiger partial charge in [0.15, 0.2) is 4.77 Å². The topological polar surface area (TPSA) is 78.1 Å². The molecule has 0 saturated carbocycles. The largest absolute Gasteiger partial charge is 0.508 e. The zero-order chi connectivity index (χ0) is 13.1. The van der Waals surface area contributed by atoms with Crippen LogP contribution in [-0.4, -0.2) is 28.2 Å². The Morgan fingerprint density at radius 2 is 2.11 bits per heavy atom. The van der Waals surface area contributed by atoms with E-state index in [-0.39, 0.29) is 11.4 Å². The molecule has 5 nitrogen and oxygen atoms in total. The predicted octanol–water partition coefficient (Wildman–Crippen LogP) is 2.16. The van der Waals surface area contributed by atoms with Gasteiger partial charge in [-0.3, -0.25) is 0 Å². The minimum absolute atomic E-state index is 0.175. The van der Waals surface area contributed by atoms with Gasteiger partial charge in [-0.2, -0.15) is 0 Å². The van der Waals surface area contributed by atoms with Gasteiger partial charge in [0.05, 0.1) is 12.8 Å². The highest BCUT2D eigenvalue weighted by Gasteiger charge is 2.15. The van der Waals surface area contributed by atoms with E-state index in [1.807, 2.05) is 6.07 Å². The van der Waals surface area contributed by atoms with Crippen LogP contribution < -0.4 is 0 Å². The number of hydrogen-bond acceptors (Lipinski definition) is 4. The molecule has 0 amide bonds. The van der Waals surface area contributed by atoms with Crippen molar-refractivity contribution in [2.24, 2.45) is 0 Å². The summed E-state index contributed by atoms with van der Waals surface area (Å²) >= 11 is 4.96. The summed E-state index contributed by atoms with van der Waals surface area (Å²) in [6.07, 6.45) is 0.365. The van der Waals surface area contributed by atoms with Gasteiger partial charge in [0.2, 0.25) is 0 Å². The normalized spacial score (nSPS) is 10.3. The third-order valence-electron chi connectivity index (χ3n) is 2.55. The van der Waals surface area contributed by atoms with Crippen LogP contribution >= 0.6 is 12.2 Å². The Balaban J connectivity index is 2.38. The lowest BCUT2D eigenvalue weighted by molar-refractivity contribution is 0.0593. The van der Waals surface area contributed by atoms with E-state index in [0.29, 0.717) is 22.4 Å². The number of aromatic amines is 2. The first-order chi connectivity index (χ1) is 8.61. The number of para-hydroxylation sites is 1. The number of methoxy groups -OCH3 is 1. The minimum atomic E-state index is -0.493. The summed E-state index contributed by atoms with van der Waals surface area (Å²) in [6.45, 7) is 0. The molecule has 0 spiro atoms. The van der Waals surface area contributed by atoms with E-state index < -0.39 is 5.97 Å². The maximum Gasteiger partial charge on any atom is 0.356 e. The second kappa shape index (κ2) is 5.05. The molecule has 2 aromatic rings. The molecule has 94 valence electrons. The Morgan fingerprint density at radius 1 is 1.39 bits per heavy atom. The standard InChI is InChI=1S/C12H12N2O3S/c1-17-11(16)10-8(13-12(18)14-10)6-7-4-2-3-5-9(7)15/h2-5,15H,6H2,1H3,(H2,13,14,18). The quantitative estimate of drug-likeness (QED) is 0.586. The average Bonchev–Trinajstić information content (AvgIpc) is 2.72. The maximum absolute atomic E-state index is 11.5. The van der Waals surface area contributed by atoms with E-state index in [1.54, 1.807) is 18.2 Å². The van der Waals surface area contributed by atoms with E-state index in [1.165, 1.54) is 7.11 Å². The summed E-state index contributed by atoms with van der Waals surface area (Å²) in [6, 6.07) is 6.92. The van der Waals surface area contributed by atoms with Gasteiger partial charge in [-0.05, 0) is 23.8 Å². The highest BCUT2D eigenvalue weighted by Crippen LogP contribution is 2.20. The number of aromatic nitrogens is 2. The number of carbonyl (C=O) groups excluding carboxylic acids is 1. The molecule has 0 aliphatic carbocycles. The Kier molecular flexibility index (Phi) is 3.47. The molecule has 0 fully saturated rings. The number of imidazole rings is 1. The summed E-state index contributed by atoms with van der Waals surface area (Å²) in [4.78, 5) is 17.2. The Labute approximate surface area is 108 Å². The summed E-state index contributed by atoms with van der Waals surface area (Å²) < 4.78 is 5.01. The molecule has 0 atom stereocenters. The minimum Gasteiger partial charge on any atom is -0.508 e. The lowest BCUT2D eigenvalue weighted by atomic mass is 10.1. The average molecular weight is 264 g/mol. The number of hydrogen-bond donors (Lipinski definition) is 3. The van der Waals surface area contributed by atoms with E-state index in [4.69, 9.17) is 12.2 Å². The second-order valence-electron chi connectivity index (χ2n) is 3.73. The van der Waals surface area contributed by atoms with Gasteiger partial charge in [0, 0.05) is 6.42 Å². The van der Waals surface area contributed by atoms with E-state index in [2.05, 4.69) is 14.7 Å². The first kappa shape index (κ1) is 12.4. The molecule has 1 aromatic heterocycles. The lowest BCUT2D eigenvalue weighted by Crippen LogP contribution is -2.06. The van der Waals surface area contributed by atoms with Crippen LogP contribution in [0, 0.1) is 4.77 Å². The number of aromatic hydroxyl groups is 1. The molecule has 0 bridgehead atoms. The van der Waals surface area contributed by atoms with E-state index in [9.17, 15) is 9.90 Å². The zero-order valence-electron chi connectivity index (χ0n) is 9.69. The summed E-state index contributed by atoms with van der Waals surface area (Å²) in [5, 5.41) is 9.70. The van der Waals surface area contributed by atoms with E-state index >= 15 is 0 Å². The van der Waals surface area contributed by atoms with Gasteiger partial charge in [0.1, 0.15) is 11.4 Å². The van der Waals surface area contributed by atoms with Crippen molar-refractivity contribution < 1.29 is 14.6 Å². The number of phenolic OH excluding ortho intramolecular Hbond substituents is 1. The molecule has 0 radical (unpaired) electrons. The Morgan fingerprint density at radius 3 is 2.78 bits per heavy atom. The fourth-order valence-electron chi connectivity index (χ4n) is 1.68. The van der Waals surface area contributed by atoms with Crippen LogP contribution in [-0.2, 0) is 11.2 Å². The molecule has 3 N–H and O–H groups in total. The van der Waals surface area contributed by atoms with Gasteiger partial charge >= 0.3 is 5.97 Å². The van der Waals surface area contributed by atoms with Crippen LogP contribution in [0.25, 0.3) is 0 Å². The van der Waals surface area contributed by atoms with Crippen molar-refractivity contribution in [3.05, 3.63) is 46.0 Å². The summed E-state index contributed by atoms with van der Waals surface area (Å²) in [7, 11) is 1.30. The monoisotopic (exact) mass is 264 g/mol. The molecule has 18 heavy (non-hydrogen) atoms. The highest BCUT2D eigenvalue weighted by atomic mass is 32.1. The lowest BCUT2D eigenvalue weighted by Gasteiger charge is -2.04. The second-order valence-corrected chi connectivity index (χ2v) is 4.14. The van der Waals surface area contributed by atoms with Crippen molar-refractivity contribution in [1.29, 1.82) is 0 Å². The highest BCUT2D eigenvalue weighted by molar-refractivity contribution is 7.71. The van der Waals surface area contributed by atoms with Crippen molar-refractivity contribution in [3.63, 3.8) is 0 Å². The molecule has 0 aliphatic heterocycles. The summed E-state index contributed by atoms with van der Waals surface area (Å²) in [5.41, 5.74) is 1.58. The number of ether oxygens (including phenoxy) is 1. The predicted molar refractivity (Wildman–Crippen MR) is 68.2 cm³/mol.